The molecular weight excluding hydrogens is 304 g/mol. The van der Waals surface area contributed by atoms with E-state index < -0.39 is 6.04 Å². The number of nitrogens with zero attached hydrogens (tertiary/aromatic N) is 4. The van der Waals surface area contributed by atoms with Crippen molar-refractivity contribution in [2.24, 2.45) is 9.98 Å². The summed E-state index contributed by atoms with van der Waals surface area (Å²) in [4.78, 5) is 8.42. The van der Waals surface area contributed by atoms with E-state index in [1.807, 2.05) is 36.4 Å². The highest BCUT2D eigenvalue weighted by Gasteiger charge is 2.18. The first-order valence-electron chi connectivity index (χ1n) is 5.54. The lowest BCUT2D eigenvalue weighted by Crippen LogP contribution is -2.14. The van der Waals surface area contributed by atoms with Gasteiger partial charge in [-0.15, -0.1) is 0 Å². The molecule has 0 saturated carbocycles. The van der Waals surface area contributed by atoms with Crippen LogP contribution in [0.2, 0.25) is 0 Å². The van der Waals surface area contributed by atoms with Crippen LogP contribution in [-0.4, -0.2) is 17.5 Å². The van der Waals surface area contributed by atoms with Crippen molar-refractivity contribution in [2.45, 2.75) is 13.0 Å². The highest BCUT2D eigenvalue weighted by Crippen LogP contribution is 2.21. The molecular formula is C14H9BrN4. The standard InChI is InChI=1S/C14H9BrN4/c1-9-6-12(10-2-4-11(15)5-3-10)19-14(8-17)13(7-16)18-9/h2-6,13H,1H3. The Morgan fingerprint density at radius 3 is 2.47 bits per heavy atom. The molecule has 2 rings (SSSR count). The normalized spacial score (nSPS) is 18.3. The molecule has 1 unspecified atom stereocenters. The molecule has 0 aromatic heterocycles. The molecule has 1 aromatic carbocycles. The Balaban J connectivity index is 2.52. The van der Waals surface area contributed by atoms with Gasteiger partial charge >= 0.3 is 0 Å². The smallest absolute Gasteiger partial charge is 0.188 e. The molecule has 0 spiro atoms. The minimum Gasteiger partial charge on any atom is -0.264 e. The lowest BCUT2D eigenvalue weighted by molar-refractivity contribution is 1.09. The fraction of sp³-hybridized carbons (Fsp3) is 0.143. The zero-order chi connectivity index (χ0) is 13.8. The van der Waals surface area contributed by atoms with Crippen LogP contribution < -0.4 is 0 Å². The molecule has 4 nitrogen and oxygen atoms in total. The van der Waals surface area contributed by atoms with Crippen molar-refractivity contribution in [1.29, 1.82) is 10.5 Å². The minimum atomic E-state index is -0.825. The first-order valence-corrected chi connectivity index (χ1v) is 6.33. The number of rotatable bonds is 1. The second-order valence-corrected chi connectivity index (χ2v) is 4.86. The zero-order valence-corrected chi connectivity index (χ0v) is 11.7. The van der Waals surface area contributed by atoms with Gasteiger partial charge in [-0.05, 0) is 25.1 Å². The van der Waals surface area contributed by atoms with Crippen LogP contribution in [0.15, 0.2) is 44.8 Å². The van der Waals surface area contributed by atoms with E-state index in [9.17, 15) is 0 Å². The topological polar surface area (TPSA) is 72.3 Å². The van der Waals surface area contributed by atoms with Crippen molar-refractivity contribution in [3.05, 3.63) is 40.4 Å². The zero-order valence-electron chi connectivity index (χ0n) is 10.1. The average molecular weight is 313 g/mol. The molecule has 0 amide bonds. The number of nitriles is 2. The van der Waals surface area contributed by atoms with E-state index in [1.165, 1.54) is 0 Å². The van der Waals surface area contributed by atoms with Crippen LogP contribution in [-0.2, 0) is 0 Å². The third-order valence-corrected chi connectivity index (χ3v) is 3.08. The van der Waals surface area contributed by atoms with Crippen LogP contribution in [0.25, 0.3) is 5.70 Å². The fourth-order valence-electron chi connectivity index (χ4n) is 1.67. The summed E-state index contributed by atoms with van der Waals surface area (Å²) in [5.74, 6) is 0. The van der Waals surface area contributed by atoms with Crippen LogP contribution in [0.1, 0.15) is 12.5 Å². The van der Waals surface area contributed by atoms with E-state index in [0.29, 0.717) is 11.4 Å². The second-order valence-electron chi connectivity index (χ2n) is 3.95. The minimum absolute atomic E-state index is 0.119. The molecule has 1 atom stereocenters. The Labute approximate surface area is 119 Å². The summed E-state index contributed by atoms with van der Waals surface area (Å²) in [6.07, 6.45) is 1.78. The lowest BCUT2D eigenvalue weighted by Gasteiger charge is -2.02. The van der Waals surface area contributed by atoms with Gasteiger partial charge in [-0.1, -0.05) is 28.1 Å². The maximum absolute atomic E-state index is 9.08. The van der Waals surface area contributed by atoms with Gasteiger partial charge in [0, 0.05) is 15.7 Å². The highest BCUT2D eigenvalue weighted by atomic mass is 79.9. The summed E-state index contributed by atoms with van der Waals surface area (Å²) >= 11 is 3.37. The first kappa shape index (κ1) is 13.2. The molecule has 92 valence electrons. The first-order chi connectivity index (χ1) is 9.13. The molecule has 0 fully saturated rings. The Morgan fingerprint density at radius 2 is 1.89 bits per heavy atom. The van der Waals surface area contributed by atoms with Gasteiger partial charge in [-0.3, -0.25) is 4.99 Å². The fourth-order valence-corrected chi connectivity index (χ4v) is 1.93. The Kier molecular flexibility index (Phi) is 3.89. The van der Waals surface area contributed by atoms with E-state index >= 15 is 0 Å². The molecule has 1 aromatic rings. The molecule has 0 bridgehead atoms. The summed E-state index contributed by atoms with van der Waals surface area (Å²) in [7, 11) is 0. The summed E-state index contributed by atoms with van der Waals surface area (Å²) in [6, 6.07) is 10.7. The van der Waals surface area contributed by atoms with Crippen LogP contribution in [0.5, 0.6) is 0 Å². The van der Waals surface area contributed by atoms with E-state index in [2.05, 4.69) is 25.9 Å². The van der Waals surface area contributed by atoms with Gasteiger partial charge in [0.25, 0.3) is 0 Å². The summed E-state index contributed by atoms with van der Waals surface area (Å²) in [6.45, 7) is 1.79. The molecule has 1 aliphatic rings. The molecule has 19 heavy (non-hydrogen) atoms. The Morgan fingerprint density at radius 1 is 1.21 bits per heavy atom. The van der Waals surface area contributed by atoms with Crippen LogP contribution in [0.4, 0.5) is 0 Å². The number of benzene rings is 1. The highest BCUT2D eigenvalue weighted by molar-refractivity contribution is 9.10. The van der Waals surface area contributed by atoms with Crippen molar-refractivity contribution in [3.8, 4) is 12.1 Å². The van der Waals surface area contributed by atoms with Gasteiger partial charge in [-0.2, -0.15) is 10.5 Å². The molecule has 5 heteroatoms. The number of hydrogen-bond acceptors (Lipinski definition) is 4. The van der Waals surface area contributed by atoms with E-state index in [-0.39, 0.29) is 5.71 Å². The van der Waals surface area contributed by atoms with Gasteiger partial charge in [0.1, 0.15) is 6.07 Å². The molecule has 0 radical (unpaired) electrons. The van der Waals surface area contributed by atoms with Gasteiger partial charge in [0.15, 0.2) is 11.8 Å². The van der Waals surface area contributed by atoms with Crippen molar-refractivity contribution in [2.75, 3.05) is 0 Å². The van der Waals surface area contributed by atoms with Crippen molar-refractivity contribution in [1.82, 2.24) is 0 Å². The molecule has 0 saturated heterocycles. The molecule has 1 aliphatic heterocycles. The molecule has 1 heterocycles. The number of hydrogen-bond donors (Lipinski definition) is 0. The van der Waals surface area contributed by atoms with Crippen molar-refractivity contribution < 1.29 is 0 Å². The summed E-state index contributed by atoms with van der Waals surface area (Å²) in [5, 5.41) is 18.1. The van der Waals surface area contributed by atoms with Crippen molar-refractivity contribution >= 4 is 33.1 Å². The Bertz CT molecular complexity index is 669. The van der Waals surface area contributed by atoms with Gasteiger partial charge < -0.3 is 0 Å². The molecule has 0 aliphatic carbocycles. The van der Waals surface area contributed by atoms with Crippen LogP contribution >= 0.6 is 15.9 Å². The van der Waals surface area contributed by atoms with Crippen molar-refractivity contribution in [3.63, 3.8) is 0 Å². The van der Waals surface area contributed by atoms with E-state index in [0.717, 1.165) is 10.0 Å². The van der Waals surface area contributed by atoms with Gasteiger partial charge in [-0.25, -0.2) is 4.99 Å². The monoisotopic (exact) mass is 312 g/mol. The third-order valence-electron chi connectivity index (χ3n) is 2.56. The van der Waals surface area contributed by atoms with Gasteiger partial charge in [0.2, 0.25) is 0 Å². The lowest BCUT2D eigenvalue weighted by atomic mass is 10.1. The number of aliphatic imine (C=N–C) groups is 2. The SMILES string of the molecule is CC1=NC(C#N)C(C#N)=NC(c2ccc(Br)cc2)=C1. The average Bonchev–Trinajstić information content (AvgIpc) is 2.58. The third kappa shape index (κ3) is 2.96. The van der Waals surface area contributed by atoms with E-state index in [1.54, 1.807) is 13.0 Å². The molecule has 0 N–H and O–H groups in total. The Hall–Kier alpha value is -2.24. The number of allylic oxidation sites excluding steroid dienone is 1. The number of halogens is 1. The summed E-state index contributed by atoms with van der Waals surface area (Å²) < 4.78 is 0.968. The largest absolute Gasteiger partial charge is 0.264 e. The maximum Gasteiger partial charge on any atom is 0.188 e. The quantitative estimate of drug-likeness (QED) is 0.799. The maximum atomic E-state index is 9.08. The van der Waals surface area contributed by atoms with Crippen LogP contribution in [0, 0.1) is 22.7 Å². The van der Waals surface area contributed by atoms with Gasteiger partial charge in [0.05, 0.1) is 11.8 Å². The van der Waals surface area contributed by atoms with Crippen LogP contribution in [0.3, 0.4) is 0 Å². The predicted octanol–water partition coefficient (Wildman–Crippen LogP) is 3.12. The second kappa shape index (κ2) is 5.60. The predicted molar refractivity (Wildman–Crippen MR) is 77.7 cm³/mol. The summed E-state index contributed by atoms with van der Waals surface area (Å²) in [5.41, 5.74) is 2.32. The van der Waals surface area contributed by atoms with E-state index in [4.69, 9.17) is 10.5 Å².